The molecule has 0 aliphatic heterocycles. The highest BCUT2D eigenvalue weighted by atomic mass is 35.5. The third kappa shape index (κ3) is 4.23. The van der Waals surface area contributed by atoms with Crippen LogP contribution in [0.4, 0.5) is 5.69 Å². The molecule has 0 saturated carbocycles. The van der Waals surface area contributed by atoms with E-state index in [1.54, 1.807) is 12.3 Å². The molecule has 2 N–H and O–H groups in total. The molecule has 2 heterocycles. The molecule has 1 aromatic carbocycles. The summed E-state index contributed by atoms with van der Waals surface area (Å²) in [4.78, 5) is 11.5. The van der Waals surface area contributed by atoms with Gasteiger partial charge in [0.1, 0.15) is 5.58 Å². The largest absolute Gasteiger partial charge is 0.423 e. The van der Waals surface area contributed by atoms with E-state index in [4.69, 9.17) is 28.2 Å². The molecular formula is C18H19ClN4O2S. The van der Waals surface area contributed by atoms with Gasteiger partial charge in [-0.15, -0.1) is 0 Å². The van der Waals surface area contributed by atoms with Gasteiger partial charge in [-0.1, -0.05) is 11.6 Å². The Labute approximate surface area is 161 Å². The minimum atomic E-state index is -0.359. The maximum atomic E-state index is 11.5. The van der Waals surface area contributed by atoms with Crippen molar-refractivity contribution in [2.45, 2.75) is 26.8 Å². The monoisotopic (exact) mass is 390 g/mol. The number of halogens is 1. The summed E-state index contributed by atoms with van der Waals surface area (Å²) in [7, 11) is 0. The first kappa shape index (κ1) is 18.4. The summed E-state index contributed by atoms with van der Waals surface area (Å²) in [6, 6.07) is 7.06. The summed E-state index contributed by atoms with van der Waals surface area (Å²) in [6.07, 6.45) is 2.50. The molecule has 6 nitrogen and oxygen atoms in total. The standard InChI is InChI=1S/C18H19ClN4O2S/c1-11-8-17(24)25-16-9-13(4-5-14(11)16)22-18(26)20-6-3-7-23-12(2)15(19)10-21-23/h4-5,8-10H,3,6-7H2,1-2H3,(H2,20,22,26). The molecule has 0 fully saturated rings. The molecule has 26 heavy (non-hydrogen) atoms. The highest BCUT2D eigenvalue weighted by Crippen LogP contribution is 2.20. The summed E-state index contributed by atoms with van der Waals surface area (Å²) >= 11 is 11.3. The van der Waals surface area contributed by atoms with E-state index in [2.05, 4.69) is 15.7 Å². The Morgan fingerprint density at radius 3 is 2.88 bits per heavy atom. The molecule has 0 aliphatic carbocycles. The Morgan fingerprint density at radius 1 is 1.35 bits per heavy atom. The minimum absolute atomic E-state index is 0.359. The third-order valence-electron chi connectivity index (χ3n) is 4.08. The van der Waals surface area contributed by atoms with Crippen LogP contribution >= 0.6 is 23.8 Å². The average molecular weight is 391 g/mol. The van der Waals surface area contributed by atoms with Gasteiger partial charge in [-0.2, -0.15) is 5.10 Å². The van der Waals surface area contributed by atoms with Gasteiger partial charge >= 0.3 is 5.63 Å². The van der Waals surface area contributed by atoms with Gasteiger partial charge in [0.05, 0.1) is 16.9 Å². The van der Waals surface area contributed by atoms with Gasteiger partial charge in [0.25, 0.3) is 0 Å². The topological polar surface area (TPSA) is 72.1 Å². The van der Waals surface area contributed by atoms with Gasteiger partial charge in [-0.05, 0) is 50.2 Å². The molecule has 0 aliphatic rings. The van der Waals surface area contributed by atoms with Gasteiger partial charge < -0.3 is 15.1 Å². The summed E-state index contributed by atoms with van der Waals surface area (Å²) < 4.78 is 7.11. The van der Waals surface area contributed by atoms with Crippen molar-refractivity contribution in [3.63, 3.8) is 0 Å². The Hall–Kier alpha value is -2.38. The van der Waals surface area contributed by atoms with Crippen LogP contribution in [-0.2, 0) is 6.54 Å². The predicted molar refractivity (Wildman–Crippen MR) is 108 cm³/mol. The molecule has 8 heteroatoms. The number of anilines is 1. The molecule has 0 saturated heterocycles. The number of aromatic nitrogens is 2. The number of hydrogen-bond donors (Lipinski definition) is 2. The lowest BCUT2D eigenvalue weighted by Crippen LogP contribution is -2.29. The fourth-order valence-electron chi connectivity index (χ4n) is 2.66. The zero-order valence-electron chi connectivity index (χ0n) is 14.5. The fraction of sp³-hybridized carbons (Fsp3) is 0.278. The number of thiocarbonyl (C=S) groups is 1. The second kappa shape index (κ2) is 7.88. The van der Waals surface area contributed by atoms with Crippen LogP contribution in [0.3, 0.4) is 0 Å². The molecule has 0 radical (unpaired) electrons. The van der Waals surface area contributed by atoms with Crippen molar-refractivity contribution in [2.75, 3.05) is 11.9 Å². The first-order valence-corrected chi connectivity index (χ1v) is 9.00. The first-order chi connectivity index (χ1) is 12.4. The van der Waals surface area contributed by atoms with Gasteiger partial charge in [0.2, 0.25) is 0 Å². The summed E-state index contributed by atoms with van der Waals surface area (Å²) in [5.74, 6) is 0. The molecule has 0 amide bonds. The van der Waals surface area contributed by atoms with Gasteiger partial charge in [0, 0.05) is 36.3 Å². The molecule has 0 spiro atoms. The number of rotatable bonds is 5. The number of nitrogens with zero attached hydrogens (tertiary/aromatic N) is 2. The third-order valence-corrected chi connectivity index (χ3v) is 4.70. The van der Waals surface area contributed by atoms with E-state index in [9.17, 15) is 4.79 Å². The van der Waals surface area contributed by atoms with E-state index in [1.807, 2.05) is 30.7 Å². The van der Waals surface area contributed by atoms with E-state index < -0.39 is 0 Å². The van der Waals surface area contributed by atoms with Crippen molar-refractivity contribution in [3.05, 3.63) is 57.2 Å². The zero-order valence-corrected chi connectivity index (χ0v) is 16.1. The van der Waals surface area contributed by atoms with Gasteiger partial charge in [0.15, 0.2) is 5.11 Å². The number of nitrogens with one attached hydrogen (secondary N) is 2. The Morgan fingerprint density at radius 2 is 2.15 bits per heavy atom. The second-order valence-corrected chi connectivity index (χ2v) is 6.81. The van der Waals surface area contributed by atoms with Crippen molar-refractivity contribution in [2.24, 2.45) is 0 Å². The highest BCUT2D eigenvalue weighted by Gasteiger charge is 2.06. The van der Waals surface area contributed by atoms with Crippen LogP contribution in [0.1, 0.15) is 17.7 Å². The van der Waals surface area contributed by atoms with Crippen LogP contribution in [0.2, 0.25) is 5.02 Å². The molecule has 3 aromatic rings. The van der Waals surface area contributed by atoms with E-state index in [-0.39, 0.29) is 5.63 Å². The van der Waals surface area contributed by atoms with Crippen molar-refractivity contribution in [1.82, 2.24) is 15.1 Å². The lowest BCUT2D eigenvalue weighted by atomic mass is 10.1. The summed E-state index contributed by atoms with van der Waals surface area (Å²) in [6.45, 7) is 5.28. The Balaban J connectivity index is 1.54. The number of hydrogen-bond acceptors (Lipinski definition) is 4. The zero-order chi connectivity index (χ0) is 18.7. The summed E-state index contributed by atoms with van der Waals surface area (Å²) in [5, 5.41) is 12.6. The maximum Gasteiger partial charge on any atom is 0.336 e. The van der Waals surface area contributed by atoms with Gasteiger partial charge in [-0.25, -0.2) is 4.79 Å². The van der Waals surface area contributed by atoms with Gasteiger partial charge in [-0.3, -0.25) is 4.68 Å². The molecule has 0 atom stereocenters. The van der Waals surface area contributed by atoms with Crippen LogP contribution in [0, 0.1) is 13.8 Å². The van der Waals surface area contributed by atoms with Crippen LogP contribution in [-0.4, -0.2) is 21.4 Å². The Bertz CT molecular complexity index is 1010. The predicted octanol–water partition coefficient (Wildman–Crippen LogP) is 3.64. The maximum absolute atomic E-state index is 11.5. The second-order valence-electron chi connectivity index (χ2n) is 5.99. The van der Waals surface area contributed by atoms with Crippen molar-refractivity contribution in [3.8, 4) is 0 Å². The quantitative estimate of drug-likeness (QED) is 0.393. The molecular weight excluding hydrogens is 372 g/mol. The van der Waals surface area contributed by atoms with Crippen molar-refractivity contribution < 1.29 is 4.42 Å². The van der Waals surface area contributed by atoms with E-state index >= 15 is 0 Å². The average Bonchev–Trinajstić information content (AvgIpc) is 2.90. The highest BCUT2D eigenvalue weighted by molar-refractivity contribution is 7.80. The molecule has 2 aromatic heterocycles. The first-order valence-electron chi connectivity index (χ1n) is 8.21. The lowest BCUT2D eigenvalue weighted by Gasteiger charge is -2.11. The Kier molecular flexibility index (Phi) is 5.58. The van der Waals surface area contributed by atoms with Crippen molar-refractivity contribution >= 4 is 45.6 Å². The van der Waals surface area contributed by atoms with Crippen LogP contribution in [0.15, 0.2) is 39.7 Å². The minimum Gasteiger partial charge on any atom is -0.423 e. The van der Waals surface area contributed by atoms with Crippen LogP contribution in [0.5, 0.6) is 0 Å². The number of benzene rings is 1. The van der Waals surface area contributed by atoms with E-state index in [1.165, 1.54) is 6.07 Å². The molecule has 0 unspecified atom stereocenters. The summed E-state index contributed by atoms with van der Waals surface area (Å²) in [5.41, 5.74) is 2.78. The molecule has 3 rings (SSSR count). The van der Waals surface area contributed by atoms with E-state index in [0.717, 1.165) is 35.3 Å². The molecule has 136 valence electrons. The van der Waals surface area contributed by atoms with Crippen LogP contribution in [0.25, 0.3) is 11.0 Å². The van der Waals surface area contributed by atoms with E-state index in [0.29, 0.717) is 22.3 Å². The smallest absolute Gasteiger partial charge is 0.336 e. The fourth-order valence-corrected chi connectivity index (χ4v) is 3.02. The van der Waals surface area contributed by atoms with Crippen LogP contribution < -0.4 is 16.3 Å². The number of fused-ring (bicyclic) bond motifs is 1. The lowest BCUT2D eigenvalue weighted by molar-refractivity contribution is 0.560. The normalized spacial score (nSPS) is 10.9. The molecule has 0 bridgehead atoms. The SMILES string of the molecule is Cc1cc(=O)oc2cc(NC(=S)NCCCn3ncc(Cl)c3C)ccc12. The van der Waals surface area contributed by atoms with Crippen molar-refractivity contribution in [1.29, 1.82) is 0 Å². The number of aryl methyl sites for hydroxylation is 2.